The van der Waals surface area contributed by atoms with Gasteiger partial charge in [0.15, 0.2) is 6.61 Å². The van der Waals surface area contributed by atoms with Crippen molar-refractivity contribution in [3.05, 3.63) is 101 Å². The number of nitriles is 1. The number of nitrogens with zero attached hydrogens (tertiary/aromatic N) is 2. The van der Waals surface area contributed by atoms with Crippen molar-refractivity contribution in [1.82, 2.24) is 0 Å². The molecule has 0 aliphatic carbocycles. The Hall–Kier alpha value is -4.34. The molecule has 0 spiro atoms. The molecular weight excluding hydrogens is 438 g/mol. The van der Waals surface area contributed by atoms with Crippen LogP contribution in [0.4, 0.5) is 5.88 Å². The number of amides is 1. The van der Waals surface area contributed by atoms with Crippen LogP contribution >= 0.6 is 11.6 Å². The van der Waals surface area contributed by atoms with Crippen LogP contribution < -0.4 is 5.32 Å². The first-order chi connectivity index (χ1) is 16.2. The third kappa shape index (κ3) is 5.12. The van der Waals surface area contributed by atoms with Crippen LogP contribution in [-0.4, -0.2) is 18.7 Å². The van der Waals surface area contributed by atoms with Gasteiger partial charge in [-0.1, -0.05) is 95.6 Å². The largest absolute Gasteiger partial charge is 0.438 e. The molecule has 0 saturated carbocycles. The van der Waals surface area contributed by atoms with Crippen LogP contribution in [0, 0.1) is 11.3 Å². The van der Waals surface area contributed by atoms with Crippen molar-refractivity contribution in [3.8, 4) is 28.5 Å². The fourth-order valence-corrected chi connectivity index (χ4v) is 3.42. The molecule has 0 aliphatic rings. The summed E-state index contributed by atoms with van der Waals surface area (Å²) in [6, 6.07) is 28.1. The normalized spacial score (nSPS) is 10.7. The van der Waals surface area contributed by atoms with E-state index in [1.165, 1.54) is 6.21 Å². The van der Waals surface area contributed by atoms with Crippen LogP contribution in [0.5, 0.6) is 0 Å². The highest BCUT2D eigenvalue weighted by atomic mass is 35.5. The minimum Gasteiger partial charge on any atom is -0.438 e. The van der Waals surface area contributed by atoms with E-state index in [1.54, 1.807) is 18.2 Å². The third-order valence-electron chi connectivity index (χ3n) is 4.74. The zero-order valence-electron chi connectivity index (χ0n) is 17.4. The minimum absolute atomic E-state index is 0.0545. The van der Waals surface area contributed by atoms with Crippen molar-refractivity contribution < 1.29 is 14.0 Å². The van der Waals surface area contributed by atoms with Crippen LogP contribution in [0.2, 0.25) is 5.02 Å². The predicted molar refractivity (Wildman–Crippen MR) is 128 cm³/mol. The van der Waals surface area contributed by atoms with Gasteiger partial charge < -0.3 is 9.25 Å². The van der Waals surface area contributed by atoms with E-state index in [4.69, 9.17) is 20.9 Å². The Morgan fingerprint density at radius 1 is 1.00 bits per heavy atom. The Balaban J connectivity index is 1.56. The molecule has 0 fully saturated rings. The summed E-state index contributed by atoms with van der Waals surface area (Å²) < 4.78 is 5.97. The summed E-state index contributed by atoms with van der Waals surface area (Å²) in [6.45, 7) is -0.367. The quantitative estimate of drug-likeness (QED) is 0.268. The molecule has 162 valence electrons. The Kier molecular flexibility index (Phi) is 6.84. The molecule has 0 radical (unpaired) electrons. The van der Waals surface area contributed by atoms with Crippen molar-refractivity contribution in [2.75, 3.05) is 11.9 Å². The number of anilines is 1. The molecule has 1 aromatic heterocycles. The first-order valence-corrected chi connectivity index (χ1v) is 10.4. The molecule has 4 rings (SSSR count). The molecule has 0 bridgehead atoms. The highest BCUT2D eigenvalue weighted by Gasteiger charge is 2.24. The van der Waals surface area contributed by atoms with Crippen molar-refractivity contribution in [1.29, 1.82) is 5.26 Å². The Bertz CT molecular complexity index is 1330. The molecular formula is C26H18ClN3O3. The van der Waals surface area contributed by atoms with Crippen LogP contribution in [0.3, 0.4) is 0 Å². The maximum atomic E-state index is 12.4. The smallest absolute Gasteiger partial charge is 0.267 e. The van der Waals surface area contributed by atoms with E-state index in [1.807, 2.05) is 66.7 Å². The average Bonchev–Trinajstić information content (AvgIpc) is 3.22. The molecule has 4 aromatic rings. The second kappa shape index (κ2) is 10.3. The number of furan rings is 1. The van der Waals surface area contributed by atoms with Gasteiger partial charge in [-0.05, 0) is 11.6 Å². The summed E-state index contributed by atoms with van der Waals surface area (Å²) in [5.74, 6) is 0.0287. The van der Waals surface area contributed by atoms with Gasteiger partial charge in [0.2, 0.25) is 5.88 Å². The molecule has 6 nitrogen and oxygen atoms in total. The first kappa shape index (κ1) is 21.9. The maximum Gasteiger partial charge on any atom is 0.267 e. The number of benzene rings is 3. The Labute approximate surface area is 195 Å². The number of hydrogen-bond acceptors (Lipinski definition) is 5. The van der Waals surface area contributed by atoms with Crippen molar-refractivity contribution in [3.63, 3.8) is 0 Å². The number of carbonyl (C=O) groups excluding carboxylic acids is 1. The number of hydrogen-bond donors (Lipinski definition) is 1. The standard InChI is InChI=1S/C26H18ClN3O3/c27-22-14-8-7-13-20(22)16-29-32-17-23(31)30-26-21(15-28)24(18-9-3-1-4-10-18)25(33-26)19-11-5-2-6-12-19/h1-14,16H,17H2,(H,30,31)/b29-16+. The second-order valence-corrected chi connectivity index (χ2v) is 7.34. The van der Waals surface area contributed by atoms with Gasteiger partial charge in [-0.3, -0.25) is 10.1 Å². The lowest BCUT2D eigenvalue weighted by Gasteiger charge is -2.03. The van der Waals surface area contributed by atoms with Crippen molar-refractivity contribution in [2.24, 2.45) is 5.16 Å². The maximum absolute atomic E-state index is 12.4. The van der Waals surface area contributed by atoms with Crippen molar-refractivity contribution >= 4 is 29.6 Å². The predicted octanol–water partition coefficient (Wildman–Crippen LogP) is 6.13. The zero-order chi connectivity index (χ0) is 23.0. The van der Waals surface area contributed by atoms with E-state index in [-0.39, 0.29) is 18.1 Å². The van der Waals surface area contributed by atoms with E-state index in [9.17, 15) is 10.1 Å². The van der Waals surface area contributed by atoms with Gasteiger partial charge in [0.05, 0.1) is 6.21 Å². The molecule has 1 amide bonds. The first-order valence-electron chi connectivity index (χ1n) is 10.0. The van der Waals surface area contributed by atoms with Gasteiger partial charge in [-0.15, -0.1) is 0 Å². The lowest BCUT2D eigenvalue weighted by atomic mass is 9.98. The lowest BCUT2D eigenvalue weighted by molar-refractivity contribution is -0.120. The van der Waals surface area contributed by atoms with Gasteiger partial charge in [0, 0.05) is 21.7 Å². The number of halogens is 1. The molecule has 0 aliphatic heterocycles. The van der Waals surface area contributed by atoms with Crippen molar-refractivity contribution in [2.45, 2.75) is 0 Å². The van der Waals surface area contributed by atoms with E-state index in [0.29, 0.717) is 21.9 Å². The Morgan fingerprint density at radius 2 is 1.64 bits per heavy atom. The number of oxime groups is 1. The fourth-order valence-electron chi connectivity index (χ4n) is 3.23. The highest BCUT2D eigenvalue weighted by molar-refractivity contribution is 6.33. The molecule has 0 saturated heterocycles. The van der Waals surface area contributed by atoms with Crippen LogP contribution in [0.25, 0.3) is 22.5 Å². The molecule has 3 aromatic carbocycles. The number of carbonyl (C=O) groups is 1. The summed E-state index contributed by atoms with van der Waals surface area (Å²) in [5, 5.41) is 16.8. The van der Waals surface area contributed by atoms with E-state index in [2.05, 4.69) is 16.5 Å². The van der Waals surface area contributed by atoms with Crippen LogP contribution in [0.1, 0.15) is 11.1 Å². The van der Waals surface area contributed by atoms with Gasteiger partial charge in [0.1, 0.15) is 17.4 Å². The zero-order valence-corrected chi connectivity index (χ0v) is 18.1. The molecule has 7 heteroatoms. The second-order valence-electron chi connectivity index (χ2n) is 6.93. The SMILES string of the molecule is N#Cc1c(NC(=O)CO/N=C/c2ccccc2Cl)oc(-c2ccccc2)c1-c1ccccc1. The summed E-state index contributed by atoms with van der Waals surface area (Å²) in [5.41, 5.74) is 3.09. The lowest BCUT2D eigenvalue weighted by Crippen LogP contribution is -2.17. The van der Waals surface area contributed by atoms with Crippen LogP contribution in [0.15, 0.2) is 94.5 Å². The molecule has 1 heterocycles. The molecule has 0 unspecified atom stereocenters. The average molecular weight is 456 g/mol. The summed E-state index contributed by atoms with van der Waals surface area (Å²) >= 11 is 6.06. The van der Waals surface area contributed by atoms with Gasteiger partial charge in [0.25, 0.3) is 5.91 Å². The van der Waals surface area contributed by atoms with Crippen LogP contribution in [-0.2, 0) is 9.63 Å². The third-order valence-corrected chi connectivity index (χ3v) is 5.08. The number of nitrogens with one attached hydrogen (secondary N) is 1. The number of rotatable bonds is 7. The fraction of sp³-hybridized carbons (Fsp3) is 0.0385. The molecule has 0 atom stereocenters. The topological polar surface area (TPSA) is 87.6 Å². The summed E-state index contributed by atoms with van der Waals surface area (Å²) in [7, 11) is 0. The molecule has 33 heavy (non-hydrogen) atoms. The van der Waals surface area contributed by atoms with Gasteiger partial charge >= 0.3 is 0 Å². The minimum atomic E-state index is -0.518. The van der Waals surface area contributed by atoms with Gasteiger partial charge in [-0.2, -0.15) is 5.26 Å². The van der Waals surface area contributed by atoms with Gasteiger partial charge in [-0.25, -0.2) is 0 Å². The summed E-state index contributed by atoms with van der Waals surface area (Å²) in [6.07, 6.45) is 1.42. The van der Waals surface area contributed by atoms with E-state index >= 15 is 0 Å². The molecule has 1 N–H and O–H groups in total. The Morgan fingerprint density at radius 3 is 2.30 bits per heavy atom. The monoisotopic (exact) mass is 455 g/mol. The summed E-state index contributed by atoms with van der Waals surface area (Å²) in [4.78, 5) is 17.5. The van der Waals surface area contributed by atoms with E-state index in [0.717, 1.165) is 11.1 Å². The van der Waals surface area contributed by atoms with E-state index < -0.39 is 5.91 Å². The highest BCUT2D eigenvalue weighted by Crippen LogP contribution is 2.41.